The van der Waals surface area contributed by atoms with Gasteiger partial charge in [0, 0.05) is 24.1 Å². The zero-order valence-corrected chi connectivity index (χ0v) is 14.5. The summed E-state index contributed by atoms with van der Waals surface area (Å²) in [5, 5.41) is 10.6. The third-order valence-electron chi connectivity index (χ3n) is 3.89. The van der Waals surface area contributed by atoms with Crippen LogP contribution in [-0.4, -0.2) is 35.1 Å². The summed E-state index contributed by atoms with van der Waals surface area (Å²) in [7, 11) is 1.58. The third-order valence-corrected chi connectivity index (χ3v) is 3.89. The van der Waals surface area contributed by atoms with Crippen molar-refractivity contribution < 1.29 is 14.6 Å². The lowest BCUT2D eigenvalue weighted by molar-refractivity contribution is -0.136. The highest BCUT2D eigenvalue weighted by Crippen LogP contribution is 2.31. The third kappa shape index (κ3) is 4.47. The summed E-state index contributed by atoms with van der Waals surface area (Å²) >= 11 is 0. The molecular weight excluding hydrogens is 278 g/mol. The topological polar surface area (TPSA) is 49.8 Å². The first-order valence-electron chi connectivity index (χ1n) is 7.91. The lowest BCUT2D eigenvalue weighted by Gasteiger charge is -2.32. The number of aliphatic hydroxyl groups is 1. The highest BCUT2D eigenvalue weighted by atomic mass is 16.5. The van der Waals surface area contributed by atoms with Gasteiger partial charge in [0.25, 0.3) is 0 Å². The SMILES string of the molecule is COc1ccccc1[C@@H](O)[C@H](C)CC(=O)N(C(C)C)C(C)C. The van der Waals surface area contributed by atoms with Gasteiger partial charge in [-0.25, -0.2) is 0 Å². The van der Waals surface area contributed by atoms with Gasteiger partial charge in [0.05, 0.1) is 13.2 Å². The minimum atomic E-state index is -0.721. The number of hydrogen-bond donors (Lipinski definition) is 1. The van der Waals surface area contributed by atoms with Crippen LogP contribution in [0.5, 0.6) is 5.75 Å². The van der Waals surface area contributed by atoms with Crippen LogP contribution in [-0.2, 0) is 4.79 Å². The second kappa shape index (κ2) is 8.18. The molecule has 0 aliphatic rings. The summed E-state index contributed by atoms with van der Waals surface area (Å²) in [5.41, 5.74) is 0.728. The molecule has 0 fully saturated rings. The standard InChI is InChI=1S/C18H29NO3/c1-12(2)19(13(3)4)17(20)11-14(5)18(21)15-9-7-8-10-16(15)22-6/h7-10,12-14,18,21H,11H2,1-6H3/t14-,18+/m1/s1. The van der Waals surface area contributed by atoms with Crippen LogP contribution in [0, 0.1) is 5.92 Å². The average molecular weight is 307 g/mol. The predicted octanol–water partition coefficient (Wildman–Crippen LogP) is 3.40. The van der Waals surface area contributed by atoms with Crippen molar-refractivity contribution in [1.29, 1.82) is 0 Å². The molecule has 0 saturated heterocycles. The second-order valence-electron chi connectivity index (χ2n) is 6.36. The molecule has 0 unspecified atom stereocenters. The molecular formula is C18H29NO3. The molecule has 0 saturated carbocycles. The number of methoxy groups -OCH3 is 1. The van der Waals surface area contributed by atoms with Crippen molar-refractivity contribution in [2.24, 2.45) is 5.92 Å². The summed E-state index contributed by atoms with van der Waals surface area (Å²) < 4.78 is 5.29. The monoisotopic (exact) mass is 307 g/mol. The normalized spacial score (nSPS) is 14.0. The van der Waals surface area contributed by atoms with Gasteiger partial charge in [-0.2, -0.15) is 0 Å². The Labute approximate surface area is 134 Å². The first-order chi connectivity index (χ1) is 10.3. The summed E-state index contributed by atoms with van der Waals surface area (Å²) in [4.78, 5) is 14.4. The van der Waals surface area contributed by atoms with Crippen LogP contribution < -0.4 is 4.74 Å². The maximum absolute atomic E-state index is 12.5. The van der Waals surface area contributed by atoms with E-state index in [1.54, 1.807) is 7.11 Å². The fraction of sp³-hybridized carbons (Fsp3) is 0.611. The Kier molecular flexibility index (Phi) is 6.88. The Bertz CT molecular complexity index is 477. The van der Waals surface area contributed by atoms with Crippen LogP contribution in [0.25, 0.3) is 0 Å². The fourth-order valence-corrected chi connectivity index (χ4v) is 2.88. The molecule has 1 amide bonds. The maximum Gasteiger partial charge on any atom is 0.223 e. The van der Waals surface area contributed by atoms with E-state index in [1.165, 1.54) is 0 Å². The molecule has 1 rings (SSSR count). The van der Waals surface area contributed by atoms with Gasteiger partial charge in [0.15, 0.2) is 0 Å². The van der Waals surface area contributed by atoms with Crippen molar-refractivity contribution in [3.63, 3.8) is 0 Å². The number of benzene rings is 1. The first kappa shape index (κ1) is 18.5. The van der Waals surface area contributed by atoms with Gasteiger partial charge in [-0.05, 0) is 39.7 Å². The number of hydrogen-bond acceptors (Lipinski definition) is 3. The molecule has 0 aromatic heterocycles. The number of nitrogens with zero attached hydrogens (tertiary/aromatic N) is 1. The number of ether oxygens (including phenoxy) is 1. The Balaban J connectivity index is 2.83. The molecule has 0 spiro atoms. The van der Waals surface area contributed by atoms with E-state index in [1.807, 2.05) is 63.8 Å². The van der Waals surface area contributed by atoms with Crippen LogP contribution in [0.1, 0.15) is 52.7 Å². The summed E-state index contributed by atoms with van der Waals surface area (Å²) in [6.45, 7) is 9.95. The minimum absolute atomic E-state index is 0.0754. The number of aliphatic hydroxyl groups excluding tert-OH is 1. The number of rotatable bonds is 7. The molecule has 22 heavy (non-hydrogen) atoms. The summed E-state index contributed by atoms with van der Waals surface area (Å²) in [5.74, 6) is 0.550. The van der Waals surface area contributed by atoms with E-state index in [4.69, 9.17) is 4.74 Å². The average Bonchev–Trinajstić information content (AvgIpc) is 2.45. The van der Waals surface area contributed by atoms with E-state index in [-0.39, 0.29) is 23.9 Å². The van der Waals surface area contributed by atoms with Crippen molar-refractivity contribution >= 4 is 5.91 Å². The van der Waals surface area contributed by atoms with Crippen molar-refractivity contribution in [2.45, 2.75) is 59.2 Å². The molecule has 1 N–H and O–H groups in total. The van der Waals surface area contributed by atoms with E-state index in [0.29, 0.717) is 12.2 Å². The van der Waals surface area contributed by atoms with Crippen LogP contribution in [0.3, 0.4) is 0 Å². The molecule has 1 aromatic carbocycles. The number of carbonyl (C=O) groups is 1. The van der Waals surface area contributed by atoms with E-state index in [0.717, 1.165) is 5.56 Å². The van der Waals surface area contributed by atoms with Gasteiger partial charge in [-0.1, -0.05) is 25.1 Å². The summed E-state index contributed by atoms with van der Waals surface area (Å²) in [6, 6.07) is 7.70. The zero-order chi connectivity index (χ0) is 16.9. The van der Waals surface area contributed by atoms with Crippen LogP contribution in [0.2, 0.25) is 0 Å². The molecule has 1 aromatic rings. The molecule has 0 radical (unpaired) electrons. The van der Waals surface area contributed by atoms with Crippen LogP contribution in [0.15, 0.2) is 24.3 Å². The van der Waals surface area contributed by atoms with E-state index in [2.05, 4.69) is 0 Å². The Morgan fingerprint density at radius 2 is 1.68 bits per heavy atom. The molecule has 0 heterocycles. The van der Waals surface area contributed by atoms with Gasteiger partial charge >= 0.3 is 0 Å². The highest BCUT2D eigenvalue weighted by Gasteiger charge is 2.26. The number of carbonyl (C=O) groups excluding carboxylic acids is 1. The fourth-order valence-electron chi connectivity index (χ4n) is 2.88. The van der Waals surface area contributed by atoms with Gasteiger partial charge in [0.1, 0.15) is 5.75 Å². The molecule has 124 valence electrons. The van der Waals surface area contributed by atoms with E-state index < -0.39 is 6.10 Å². The van der Waals surface area contributed by atoms with Gasteiger partial charge in [-0.3, -0.25) is 4.79 Å². The second-order valence-corrected chi connectivity index (χ2v) is 6.36. The maximum atomic E-state index is 12.5. The van der Waals surface area contributed by atoms with E-state index >= 15 is 0 Å². The van der Waals surface area contributed by atoms with Gasteiger partial charge in [0.2, 0.25) is 5.91 Å². The first-order valence-corrected chi connectivity index (χ1v) is 7.91. The smallest absolute Gasteiger partial charge is 0.223 e. The molecule has 0 bridgehead atoms. The lowest BCUT2D eigenvalue weighted by Crippen LogP contribution is -2.42. The Morgan fingerprint density at radius 3 is 2.18 bits per heavy atom. The molecule has 0 aliphatic heterocycles. The molecule has 0 aliphatic carbocycles. The Morgan fingerprint density at radius 1 is 1.14 bits per heavy atom. The molecule has 4 nitrogen and oxygen atoms in total. The Hall–Kier alpha value is -1.55. The molecule has 4 heteroatoms. The molecule has 2 atom stereocenters. The van der Waals surface area contributed by atoms with Crippen molar-refractivity contribution in [1.82, 2.24) is 4.90 Å². The largest absolute Gasteiger partial charge is 0.496 e. The van der Waals surface area contributed by atoms with Gasteiger partial charge < -0.3 is 14.7 Å². The highest BCUT2D eigenvalue weighted by molar-refractivity contribution is 5.77. The van der Waals surface area contributed by atoms with E-state index in [9.17, 15) is 9.90 Å². The lowest BCUT2D eigenvalue weighted by atomic mass is 9.93. The quantitative estimate of drug-likeness (QED) is 0.840. The van der Waals surface area contributed by atoms with Gasteiger partial charge in [-0.15, -0.1) is 0 Å². The zero-order valence-electron chi connectivity index (χ0n) is 14.5. The number of amides is 1. The van der Waals surface area contributed by atoms with Crippen LogP contribution >= 0.6 is 0 Å². The van der Waals surface area contributed by atoms with Crippen molar-refractivity contribution in [3.8, 4) is 5.75 Å². The number of para-hydroxylation sites is 1. The summed E-state index contributed by atoms with van der Waals surface area (Å²) in [6.07, 6.45) is -0.406. The van der Waals surface area contributed by atoms with Crippen molar-refractivity contribution in [2.75, 3.05) is 7.11 Å². The minimum Gasteiger partial charge on any atom is -0.496 e. The predicted molar refractivity (Wildman–Crippen MR) is 88.9 cm³/mol. The van der Waals surface area contributed by atoms with Crippen molar-refractivity contribution in [3.05, 3.63) is 29.8 Å². The van der Waals surface area contributed by atoms with Crippen LogP contribution in [0.4, 0.5) is 0 Å².